The lowest BCUT2D eigenvalue weighted by molar-refractivity contribution is -0.115. The van der Waals surface area contributed by atoms with Gasteiger partial charge in [0.15, 0.2) is 0 Å². The number of nitriles is 1. The van der Waals surface area contributed by atoms with E-state index in [0.717, 1.165) is 5.56 Å². The van der Waals surface area contributed by atoms with Gasteiger partial charge in [-0.25, -0.2) is 0 Å². The predicted molar refractivity (Wildman–Crippen MR) is 80.9 cm³/mol. The molecule has 2 aromatic rings. The van der Waals surface area contributed by atoms with Crippen LogP contribution in [-0.2, 0) is 11.2 Å². The number of nitrogens with one attached hydrogen (secondary N) is 1. The van der Waals surface area contributed by atoms with Crippen LogP contribution in [0.2, 0.25) is 0 Å². The number of nitrogens with two attached hydrogens (primary N) is 1. The van der Waals surface area contributed by atoms with Gasteiger partial charge in [-0.3, -0.25) is 4.79 Å². The van der Waals surface area contributed by atoms with Gasteiger partial charge in [-0.05, 0) is 23.8 Å². The molecule has 0 saturated carbocycles. The highest BCUT2D eigenvalue weighted by atomic mass is 16.5. The van der Waals surface area contributed by atoms with Crippen LogP contribution >= 0.6 is 0 Å². The molecule has 5 heteroatoms. The summed E-state index contributed by atoms with van der Waals surface area (Å²) in [6, 6.07) is 14.1. The number of benzene rings is 2. The Morgan fingerprint density at radius 1 is 1.33 bits per heavy atom. The Balaban J connectivity index is 2.13. The standard InChI is InChI=1S/C16H15N3O2/c1-21-15-8-11(10-17)6-7-14(15)19-16(20)9-12-4-2-3-5-13(12)18/h2-8H,9,18H2,1H3,(H,19,20). The third kappa shape index (κ3) is 3.51. The van der Waals surface area contributed by atoms with E-state index in [4.69, 9.17) is 15.7 Å². The van der Waals surface area contributed by atoms with E-state index < -0.39 is 0 Å². The number of hydrogen-bond acceptors (Lipinski definition) is 4. The van der Waals surface area contributed by atoms with Crippen molar-refractivity contribution in [3.8, 4) is 11.8 Å². The fraction of sp³-hybridized carbons (Fsp3) is 0.125. The highest BCUT2D eigenvalue weighted by Gasteiger charge is 2.10. The van der Waals surface area contributed by atoms with Crippen LogP contribution < -0.4 is 15.8 Å². The number of ether oxygens (including phenoxy) is 1. The minimum atomic E-state index is -0.198. The molecule has 3 N–H and O–H groups in total. The van der Waals surface area contributed by atoms with Crippen LogP contribution in [0.5, 0.6) is 5.75 Å². The van der Waals surface area contributed by atoms with Gasteiger partial charge in [-0.1, -0.05) is 18.2 Å². The average molecular weight is 281 g/mol. The maximum Gasteiger partial charge on any atom is 0.228 e. The van der Waals surface area contributed by atoms with E-state index in [1.165, 1.54) is 7.11 Å². The summed E-state index contributed by atoms with van der Waals surface area (Å²) in [5, 5.41) is 11.6. The normalized spacial score (nSPS) is 9.71. The minimum Gasteiger partial charge on any atom is -0.495 e. The van der Waals surface area contributed by atoms with Gasteiger partial charge in [-0.15, -0.1) is 0 Å². The van der Waals surface area contributed by atoms with Crippen molar-refractivity contribution in [3.63, 3.8) is 0 Å². The summed E-state index contributed by atoms with van der Waals surface area (Å²) in [6.45, 7) is 0. The van der Waals surface area contributed by atoms with Crippen molar-refractivity contribution in [1.29, 1.82) is 5.26 Å². The first-order valence-electron chi connectivity index (χ1n) is 6.35. The van der Waals surface area contributed by atoms with Crippen molar-refractivity contribution in [3.05, 3.63) is 53.6 Å². The molecule has 0 aliphatic rings. The van der Waals surface area contributed by atoms with Crippen LogP contribution in [0.3, 0.4) is 0 Å². The summed E-state index contributed by atoms with van der Waals surface area (Å²) < 4.78 is 5.17. The SMILES string of the molecule is COc1cc(C#N)ccc1NC(=O)Cc1ccccc1N. The number of anilines is 2. The van der Waals surface area contributed by atoms with Gasteiger partial charge in [0.05, 0.1) is 30.9 Å². The Morgan fingerprint density at radius 2 is 2.10 bits per heavy atom. The van der Waals surface area contributed by atoms with Crippen molar-refractivity contribution < 1.29 is 9.53 Å². The van der Waals surface area contributed by atoms with E-state index in [9.17, 15) is 4.79 Å². The van der Waals surface area contributed by atoms with E-state index in [0.29, 0.717) is 22.7 Å². The molecule has 2 aromatic carbocycles. The van der Waals surface area contributed by atoms with E-state index in [2.05, 4.69) is 5.32 Å². The van der Waals surface area contributed by atoms with E-state index in [-0.39, 0.29) is 12.3 Å². The first-order valence-corrected chi connectivity index (χ1v) is 6.35. The number of amides is 1. The molecular weight excluding hydrogens is 266 g/mol. The quantitative estimate of drug-likeness (QED) is 0.842. The predicted octanol–water partition coefficient (Wildman–Crippen LogP) is 2.33. The number of nitrogens with zero attached hydrogens (tertiary/aromatic N) is 1. The summed E-state index contributed by atoms with van der Waals surface area (Å²) in [7, 11) is 1.49. The van der Waals surface area contributed by atoms with E-state index in [1.54, 1.807) is 24.3 Å². The lowest BCUT2D eigenvalue weighted by Gasteiger charge is -2.11. The Kier molecular flexibility index (Phi) is 4.42. The fourth-order valence-electron chi connectivity index (χ4n) is 1.93. The molecule has 2 rings (SSSR count). The van der Waals surface area contributed by atoms with Crippen LogP contribution in [0.1, 0.15) is 11.1 Å². The van der Waals surface area contributed by atoms with Gasteiger partial charge in [0.2, 0.25) is 5.91 Å². The molecule has 0 bridgehead atoms. The van der Waals surface area contributed by atoms with Crippen LogP contribution in [0.15, 0.2) is 42.5 Å². The summed E-state index contributed by atoms with van der Waals surface area (Å²) in [4.78, 5) is 12.1. The number of nitrogen functional groups attached to an aromatic ring is 1. The van der Waals surface area contributed by atoms with Crippen LogP contribution in [0.25, 0.3) is 0 Å². The molecule has 106 valence electrons. The molecule has 1 amide bonds. The molecule has 0 atom stereocenters. The van der Waals surface area contributed by atoms with Crippen LogP contribution in [0.4, 0.5) is 11.4 Å². The van der Waals surface area contributed by atoms with E-state index >= 15 is 0 Å². The number of para-hydroxylation sites is 1. The molecule has 5 nitrogen and oxygen atoms in total. The second-order valence-corrected chi connectivity index (χ2v) is 4.45. The maximum atomic E-state index is 12.1. The van der Waals surface area contributed by atoms with Gasteiger partial charge in [0.1, 0.15) is 5.75 Å². The molecule has 0 unspecified atom stereocenters. The summed E-state index contributed by atoms with van der Waals surface area (Å²) in [6.07, 6.45) is 0.176. The summed E-state index contributed by atoms with van der Waals surface area (Å²) >= 11 is 0. The Labute approximate surface area is 123 Å². The van der Waals surface area contributed by atoms with Gasteiger partial charge in [-0.2, -0.15) is 5.26 Å². The van der Waals surface area contributed by atoms with Gasteiger partial charge >= 0.3 is 0 Å². The number of hydrogen-bond donors (Lipinski definition) is 2. The first-order chi connectivity index (χ1) is 10.1. The van der Waals surface area contributed by atoms with E-state index in [1.807, 2.05) is 24.3 Å². The maximum absolute atomic E-state index is 12.1. The Bertz CT molecular complexity index is 705. The van der Waals surface area contributed by atoms with Gasteiger partial charge in [0.25, 0.3) is 0 Å². The largest absolute Gasteiger partial charge is 0.495 e. The number of methoxy groups -OCH3 is 1. The Hall–Kier alpha value is -3.00. The van der Waals surface area contributed by atoms with Crippen molar-refractivity contribution >= 4 is 17.3 Å². The highest BCUT2D eigenvalue weighted by molar-refractivity contribution is 5.94. The zero-order chi connectivity index (χ0) is 15.2. The fourth-order valence-corrected chi connectivity index (χ4v) is 1.93. The first kappa shape index (κ1) is 14.4. The molecule has 0 spiro atoms. The lowest BCUT2D eigenvalue weighted by Crippen LogP contribution is -2.15. The third-order valence-corrected chi connectivity index (χ3v) is 3.01. The topological polar surface area (TPSA) is 88.1 Å². The minimum absolute atomic E-state index is 0.176. The molecule has 0 saturated heterocycles. The average Bonchev–Trinajstić information content (AvgIpc) is 2.50. The molecular formula is C16H15N3O2. The zero-order valence-corrected chi connectivity index (χ0v) is 11.6. The molecule has 0 aliphatic carbocycles. The van der Waals surface area contributed by atoms with Crippen molar-refractivity contribution in [1.82, 2.24) is 0 Å². The number of carbonyl (C=O) groups is 1. The molecule has 0 aromatic heterocycles. The van der Waals surface area contributed by atoms with Crippen LogP contribution in [-0.4, -0.2) is 13.0 Å². The van der Waals surface area contributed by atoms with Gasteiger partial charge < -0.3 is 15.8 Å². The lowest BCUT2D eigenvalue weighted by atomic mass is 10.1. The number of carbonyl (C=O) groups excluding carboxylic acids is 1. The molecule has 0 radical (unpaired) electrons. The molecule has 0 aliphatic heterocycles. The molecule has 0 fully saturated rings. The second kappa shape index (κ2) is 6.44. The molecule has 0 heterocycles. The second-order valence-electron chi connectivity index (χ2n) is 4.45. The Morgan fingerprint density at radius 3 is 2.76 bits per heavy atom. The van der Waals surface area contributed by atoms with Crippen molar-refractivity contribution in [2.24, 2.45) is 0 Å². The molecule has 21 heavy (non-hydrogen) atoms. The summed E-state index contributed by atoms with van der Waals surface area (Å²) in [5.41, 5.74) is 8.16. The van der Waals surface area contributed by atoms with Crippen molar-refractivity contribution in [2.75, 3.05) is 18.2 Å². The van der Waals surface area contributed by atoms with Crippen molar-refractivity contribution in [2.45, 2.75) is 6.42 Å². The zero-order valence-electron chi connectivity index (χ0n) is 11.6. The number of rotatable bonds is 4. The summed E-state index contributed by atoms with van der Waals surface area (Å²) in [5.74, 6) is 0.249. The highest BCUT2D eigenvalue weighted by Crippen LogP contribution is 2.25. The smallest absolute Gasteiger partial charge is 0.228 e. The third-order valence-electron chi connectivity index (χ3n) is 3.01. The van der Waals surface area contributed by atoms with Gasteiger partial charge in [0, 0.05) is 11.8 Å². The monoisotopic (exact) mass is 281 g/mol. The van der Waals surface area contributed by atoms with Crippen LogP contribution in [0, 0.1) is 11.3 Å².